The number of aryl methyl sites for hydroxylation is 1. The molecular weight excluding hydrogens is 525 g/mol. The summed E-state index contributed by atoms with van der Waals surface area (Å²) in [5.74, 6) is -0.690. The number of benzene rings is 1. The number of piperazine rings is 1. The molecule has 4 heterocycles. The van der Waals surface area contributed by atoms with Gasteiger partial charge in [0.05, 0.1) is 27.4 Å². The van der Waals surface area contributed by atoms with E-state index >= 15 is 0 Å². The molecule has 5 rings (SSSR count). The highest BCUT2D eigenvalue weighted by Gasteiger charge is 2.30. The Labute approximate surface area is 228 Å². The van der Waals surface area contributed by atoms with Gasteiger partial charge in [-0.2, -0.15) is 4.98 Å². The minimum absolute atomic E-state index is 0.0403. The van der Waals surface area contributed by atoms with Gasteiger partial charge in [-0.3, -0.25) is 9.78 Å². The zero-order valence-electron chi connectivity index (χ0n) is 21.3. The highest BCUT2D eigenvalue weighted by molar-refractivity contribution is 6.34. The molecule has 0 spiro atoms. The molecule has 1 aromatic carbocycles. The van der Waals surface area contributed by atoms with E-state index in [1.165, 1.54) is 41.2 Å². The molecule has 1 fully saturated rings. The standard InChI is InChI=1S/C27H25ClFN7O3/c1-4-19-26(31-10-9-30-19)36-25-16(13-17(28)23(32-25)22-18(29)7-6-8-20(22)37)24(33-27(36)39)35-12-11-34(14-15(35)3)21(38)5-2/h5-10,13,15,37H,2,4,11-12,14H2,1,3H3/t15-/m0/s1. The van der Waals surface area contributed by atoms with Crippen LogP contribution in [0.25, 0.3) is 28.1 Å². The van der Waals surface area contributed by atoms with Crippen molar-refractivity contribution in [2.45, 2.75) is 26.3 Å². The lowest BCUT2D eigenvalue weighted by Crippen LogP contribution is -2.54. The summed E-state index contributed by atoms with van der Waals surface area (Å²) in [7, 11) is 0. The summed E-state index contributed by atoms with van der Waals surface area (Å²) in [5, 5.41) is 10.9. The minimum atomic E-state index is -0.725. The first-order valence-electron chi connectivity index (χ1n) is 12.3. The topological polar surface area (TPSA) is 117 Å². The van der Waals surface area contributed by atoms with E-state index in [4.69, 9.17) is 11.6 Å². The van der Waals surface area contributed by atoms with Crippen LogP contribution in [0.2, 0.25) is 5.02 Å². The summed E-state index contributed by atoms with van der Waals surface area (Å²) in [4.78, 5) is 47.2. The van der Waals surface area contributed by atoms with E-state index in [1.807, 2.05) is 18.7 Å². The van der Waals surface area contributed by atoms with Crippen LogP contribution in [0.15, 0.2) is 54.1 Å². The summed E-state index contributed by atoms with van der Waals surface area (Å²) in [6.45, 7) is 8.54. The van der Waals surface area contributed by atoms with Crippen molar-refractivity contribution >= 4 is 34.4 Å². The van der Waals surface area contributed by atoms with Crippen LogP contribution in [0.3, 0.4) is 0 Å². The summed E-state index contributed by atoms with van der Waals surface area (Å²) >= 11 is 6.64. The molecule has 0 unspecified atom stereocenters. The minimum Gasteiger partial charge on any atom is -0.507 e. The predicted molar refractivity (Wildman–Crippen MR) is 146 cm³/mol. The third kappa shape index (κ3) is 4.59. The largest absolute Gasteiger partial charge is 0.507 e. The summed E-state index contributed by atoms with van der Waals surface area (Å²) < 4.78 is 16.1. The summed E-state index contributed by atoms with van der Waals surface area (Å²) in [5.41, 5.74) is -0.238. The van der Waals surface area contributed by atoms with Gasteiger partial charge >= 0.3 is 5.69 Å². The zero-order valence-corrected chi connectivity index (χ0v) is 22.1. The van der Waals surface area contributed by atoms with Gasteiger partial charge in [-0.1, -0.05) is 31.2 Å². The average molecular weight is 550 g/mol. The first kappa shape index (κ1) is 26.2. The van der Waals surface area contributed by atoms with Crippen molar-refractivity contribution in [3.05, 3.63) is 76.3 Å². The molecule has 1 N–H and O–H groups in total. The van der Waals surface area contributed by atoms with Crippen LogP contribution in [0, 0.1) is 5.82 Å². The number of aromatic hydroxyl groups is 1. The molecule has 1 aliphatic rings. The summed E-state index contributed by atoms with van der Waals surface area (Å²) in [6, 6.07) is 5.23. The molecule has 12 heteroatoms. The number of anilines is 1. The molecule has 0 bridgehead atoms. The molecular formula is C27H25ClFN7O3. The molecule has 10 nitrogen and oxygen atoms in total. The Balaban J connectivity index is 1.79. The number of hydrogen-bond donors (Lipinski definition) is 1. The lowest BCUT2D eigenvalue weighted by molar-refractivity contribution is -0.126. The van der Waals surface area contributed by atoms with Crippen LogP contribution in [-0.2, 0) is 11.2 Å². The maximum Gasteiger partial charge on any atom is 0.357 e. The van der Waals surface area contributed by atoms with E-state index < -0.39 is 11.5 Å². The van der Waals surface area contributed by atoms with Crippen molar-refractivity contribution in [2.75, 3.05) is 24.5 Å². The molecule has 200 valence electrons. The van der Waals surface area contributed by atoms with E-state index in [1.54, 1.807) is 11.0 Å². The number of phenolic OH excluding ortho intramolecular Hbond substituents is 1. The zero-order chi connectivity index (χ0) is 27.8. The van der Waals surface area contributed by atoms with Crippen molar-refractivity contribution < 1.29 is 14.3 Å². The van der Waals surface area contributed by atoms with Crippen molar-refractivity contribution in [3.8, 4) is 22.8 Å². The fourth-order valence-electron chi connectivity index (χ4n) is 4.84. The highest BCUT2D eigenvalue weighted by Crippen LogP contribution is 2.38. The quantitative estimate of drug-likeness (QED) is 0.376. The number of amides is 1. The fraction of sp³-hybridized carbons (Fsp3) is 0.259. The number of phenols is 1. The molecule has 0 aliphatic carbocycles. The van der Waals surface area contributed by atoms with Crippen LogP contribution < -0.4 is 10.6 Å². The van der Waals surface area contributed by atoms with E-state index in [2.05, 4.69) is 26.5 Å². The number of halogens is 2. The molecule has 1 saturated heterocycles. The molecule has 39 heavy (non-hydrogen) atoms. The van der Waals surface area contributed by atoms with Crippen LogP contribution in [0.4, 0.5) is 10.2 Å². The van der Waals surface area contributed by atoms with Crippen molar-refractivity contribution in [2.24, 2.45) is 0 Å². The van der Waals surface area contributed by atoms with Crippen LogP contribution >= 0.6 is 11.6 Å². The molecule has 0 radical (unpaired) electrons. The Hall–Kier alpha value is -4.38. The van der Waals surface area contributed by atoms with E-state index in [0.29, 0.717) is 43.0 Å². The Morgan fingerprint density at radius 2 is 2.00 bits per heavy atom. The number of fused-ring (bicyclic) bond motifs is 1. The van der Waals surface area contributed by atoms with Gasteiger partial charge in [-0.05, 0) is 37.6 Å². The van der Waals surface area contributed by atoms with Crippen molar-refractivity contribution in [1.29, 1.82) is 0 Å². The number of carbonyl (C=O) groups excluding carboxylic acids is 1. The van der Waals surface area contributed by atoms with Crippen molar-refractivity contribution in [1.82, 2.24) is 29.4 Å². The number of hydrogen-bond acceptors (Lipinski definition) is 8. The maximum absolute atomic E-state index is 14.9. The Morgan fingerprint density at radius 1 is 1.23 bits per heavy atom. The number of pyridine rings is 1. The number of carbonyl (C=O) groups is 1. The smallest absolute Gasteiger partial charge is 0.357 e. The molecule has 1 amide bonds. The van der Waals surface area contributed by atoms with Gasteiger partial charge in [0.1, 0.15) is 17.4 Å². The van der Waals surface area contributed by atoms with Gasteiger partial charge in [0.2, 0.25) is 5.91 Å². The number of nitrogens with zero attached hydrogens (tertiary/aromatic N) is 7. The van der Waals surface area contributed by atoms with Crippen molar-refractivity contribution in [3.63, 3.8) is 0 Å². The van der Waals surface area contributed by atoms with Gasteiger partial charge in [-0.25, -0.2) is 23.7 Å². The molecule has 1 aliphatic heterocycles. The van der Waals surface area contributed by atoms with E-state index in [-0.39, 0.29) is 45.4 Å². The normalized spacial score (nSPS) is 15.5. The third-order valence-electron chi connectivity index (χ3n) is 6.71. The van der Waals surface area contributed by atoms with E-state index in [0.717, 1.165) is 0 Å². The predicted octanol–water partition coefficient (Wildman–Crippen LogP) is 3.52. The van der Waals surface area contributed by atoms with Crippen LogP contribution in [0.5, 0.6) is 5.75 Å². The highest BCUT2D eigenvalue weighted by atomic mass is 35.5. The van der Waals surface area contributed by atoms with Gasteiger partial charge in [0.15, 0.2) is 11.5 Å². The van der Waals surface area contributed by atoms with Gasteiger partial charge < -0.3 is 14.9 Å². The second-order valence-electron chi connectivity index (χ2n) is 9.09. The van der Waals surface area contributed by atoms with E-state index in [9.17, 15) is 19.1 Å². The molecule has 3 aromatic heterocycles. The molecule has 4 aromatic rings. The monoisotopic (exact) mass is 549 g/mol. The fourth-order valence-corrected chi connectivity index (χ4v) is 5.08. The Bertz CT molecular complexity index is 1660. The van der Waals surface area contributed by atoms with Crippen LogP contribution in [0.1, 0.15) is 19.5 Å². The lowest BCUT2D eigenvalue weighted by atomic mass is 10.1. The SMILES string of the molecule is C=CC(=O)N1CCN(c2nc(=O)n(-c3nccnc3CC)c3nc(-c4c(O)cccc4F)c(Cl)cc23)[C@@H](C)C1. The van der Waals surface area contributed by atoms with Gasteiger partial charge in [0, 0.05) is 38.1 Å². The number of aromatic nitrogens is 5. The van der Waals surface area contributed by atoms with Crippen LogP contribution in [-0.4, -0.2) is 66.1 Å². The summed E-state index contributed by atoms with van der Waals surface area (Å²) in [6.07, 6.45) is 4.73. The van der Waals surface area contributed by atoms with Gasteiger partial charge in [-0.15, -0.1) is 0 Å². The number of rotatable bonds is 5. The first-order valence-corrected chi connectivity index (χ1v) is 12.7. The maximum atomic E-state index is 14.9. The van der Waals surface area contributed by atoms with Gasteiger partial charge in [0.25, 0.3) is 0 Å². The molecule has 0 saturated carbocycles. The first-order chi connectivity index (χ1) is 18.7. The second kappa shape index (κ2) is 10.4. The lowest BCUT2D eigenvalue weighted by Gasteiger charge is -2.40. The average Bonchev–Trinajstić information content (AvgIpc) is 2.92. The Morgan fingerprint density at radius 3 is 2.69 bits per heavy atom. The second-order valence-corrected chi connectivity index (χ2v) is 9.50. The third-order valence-corrected chi connectivity index (χ3v) is 7.00. The Kier molecular flexibility index (Phi) is 7.00. The molecule has 1 atom stereocenters.